The third-order valence-electron chi connectivity index (χ3n) is 3.38. The number of rotatable bonds is 5. The maximum Gasteiger partial charge on any atom is 0.462 e. The topological polar surface area (TPSA) is 35.5 Å². The molecule has 160 valence electrons. The van der Waals surface area contributed by atoms with Gasteiger partial charge in [-0.2, -0.15) is 48.3 Å². The zero-order chi connectivity index (χ0) is 22.3. The number of hydrogen-bond acceptors (Lipinski definition) is 3. The molecule has 3 nitrogen and oxygen atoms in total. The highest BCUT2D eigenvalue weighted by molar-refractivity contribution is 5.81. The van der Waals surface area contributed by atoms with Crippen molar-refractivity contribution in [3.8, 4) is 5.75 Å². The Kier molecular flexibility index (Phi) is 6.02. The molecule has 0 aliphatic carbocycles. The summed E-state index contributed by atoms with van der Waals surface area (Å²) in [5, 5.41) is 0. The van der Waals surface area contributed by atoms with Crippen LogP contribution >= 0.6 is 0 Å². The second-order valence-electron chi connectivity index (χ2n) is 5.37. The highest BCUT2D eigenvalue weighted by atomic mass is 19.4. The Morgan fingerprint density at radius 1 is 0.821 bits per heavy atom. The monoisotopic (exact) mass is 434 g/mol. The molecule has 1 aromatic rings. The smallest absolute Gasteiger partial charge is 0.422 e. The predicted octanol–water partition coefficient (Wildman–Crippen LogP) is 5.24. The van der Waals surface area contributed by atoms with Gasteiger partial charge in [0.1, 0.15) is 5.75 Å². The van der Waals surface area contributed by atoms with Gasteiger partial charge in [-0.3, -0.25) is 4.74 Å². The maximum absolute atomic E-state index is 14.0. The molecule has 0 fully saturated rings. The molecule has 14 heteroatoms. The molecule has 0 spiro atoms. The van der Waals surface area contributed by atoms with Crippen molar-refractivity contribution in [1.82, 2.24) is 0 Å². The summed E-state index contributed by atoms with van der Waals surface area (Å²) in [6.45, 7) is 2.51. The lowest BCUT2D eigenvalue weighted by Gasteiger charge is -2.33. The first-order valence-electron chi connectivity index (χ1n) is 6.84. The van der Waals surface area contributed by atoms with Gasteiger partial charge in [0.25, 0.3) is 0 Å². The van der Waals surface area contributed by atoms with Crippen molar-refractivity contribution in [2.75, 3.05) is 0 Å². The highest BCUT2D eigenvalue weighted by Crippen LogP contribution is 2.51. The van der Waals surface area contributed by atoms with E-state index >= 15 is 0 Å². The van der Waals surface area contributed by atoms with Crippen molar-refractivity contribution in [1.29, 1.82) is 0 Å². The van der Waals surface area contributed by atoms with Crippen LogP contribution in [0.4, 0.5) is 48.3 Å². The van der Waals surface area contributed by atoms with E-state index in [9.17, 15) is 53.1 Å². The van der Waals surface area contributed by atoms with Crippen LogP contribution in [0.2, 0.25) is 0 Å². The zero-order valence-electron chi connectivity index (χ0n) is 13.6. The van der Waals surface area contributed by atoms with Crippen molar-refractivity contribution < 1.29 is 62.6 Å². The average Bonchev–Trinajstić information content (AvgIpc) is 2.48. The SMILES string of the molecule is Cc1cccc(OC(=O)[C@@](F)(OC(F)(F)C(F)(F)C(F)(F)F)C(F)(F)F)c1C. The number of aryl methyl sites for hydroxylation is 1. The van der Waals surface area contributed by atoms with Crippen LogP contribution in [0, 0.1) is 13.8 Å². The van der Waals surface area contributed by atoms with Crippen molar-refractivity contribution in [3.63, 3.8) is 0 Å². The van der Waals surface area contributed by atoms with Crippen molar-refractivity contribution >= 4 is 5.97 Å². The van der Waals surface area contributed by atoms with E-state index in [1.165, 1.54) is 13.0 Å². The second kappa shape index (κ2) is 7.04. The van der Waals surface area contributed by atoms with Gasteiger partial charge >= 0.3 is 36.2 Å². The molecule has 0 bridgehead atoms. The highest BCUT2D eigenvalue weighted by Gasteiger charge is 2.80. The molecule has 1 aromatic carbocycles. The average molecular weight is 434 g/mol. The summed E-state index contributed by atoms with van der Waals surface area (Å²) in [4.78, 5) is 11.5. The Labute approximate surface area is 149 Å². The molecule has 28 heavy (non-hydrogen) atoms. The summed E-state index contributed by atoms with van der Waals surface area (Å²) in [6.07, 6.45) is -21.0. The molecule has 1 rings (SSSR count). The van der Waals surface area contributed by atoms with Crippen molar-refractivity contribution in [2.45, 2.75) is 44.1 Å². The van der Waals surface area contributed by atoms with Gasteiger partial charge in [0.05, 0.1) is 0 Å². The van der Waals surface area contributed by atoms with Crippen LogP contribution in [0.25, 0.3) is 0 Å². The summed E-state index contributed by atoms with van der Waals surface area (Å²) in [5.41, 5.74) is 0.198. The van der Waals surface area contributed by atoms with Crippen LogP contribution in [0.3, 0.4) is 0 Å². The fraction of sp³-hybridized carbons (Fsp3) is 0.500. The number of ether oxygens (including phenoxy) is 2. The van der Waals surface area contributed by atoms with E-state index in [2.05, 4.69) is 9.47 Å². The van der Waals surface area contributed by atoms with E-state index < -0.39 is 42.0 Å². The summed E-state index contributed by atoms with van der Waals surface area (Å²) in [6, 6.07) is 3.23. The lowest BCUT2D eigenvalue weighted by atomic mass is 10.1. The second-order valence-corrected chi connectivity index (χ2v) is 5.37. The Bertz CT molecular complexity index is 739. The number of hydrogen-bond donors (Lipinski definition) is 0. The van der Waals surface area contributed by atoms with Crippen LogP contribution in [0.5, 0.6) is 5.75 Å². The third-order valence-corrected chi connectivity index (χ3v) is 3.38. The van der Waals surface area contributed by atoms with Gasteiger partial charge in [-0.1, -0.05) is 12.1 Å². The van der Waals surface area contributed by atoms with E-state index in [4.69, 9.17) is 0 Å². The van der Waals surface area contributed by atoms with Gasteiger partial charge < -0.3 is 4.74 Å². The van der Waals surface area contributed by atoms with Crippen LogP contribution in [0.15, 0.2) is 18.2 Å². The normalized spacial score (nSPS) is 15.9. The summed E-state index contributed by atoms with van der Waals surface area (Å²) in [7, 11) is 0. The van der Waals surface area contributed by atoms with E-state index in [0.29, 0.717) is 0 Å². The fourth-order valence-corrected chi connectivity index (χ4v) is 1.62. The predicted molar refractivity (Wildman–Crippen MR) is 68.5 cm³/mol. The van der Waals surface area contributed by atoms with Crippen LogP contribution in [0.1, 0.15) is 11.1 Å². The van der Waals surface area contributed by atoms with Gasteiger partial charge in [0.15, 0.2) is 0 Å². The molecule has 0 unspecified atom stereocenters. The summed E-state index contributed by atoms with van der Waals surface area (Å²) in [5.74, 6) is -17.7. The lowest BCUT2D eigenvalue weighted by molar-refractivity contribution is -0.474. The first kappa shape index (κ1) is 23.9. The maximum atomic E-state index is 14.0. The van der Waals surface area contributed by atoms with Gasteiger partial charge in [-0.05, 0) is 31.0 Å². The van der Waals surface area contributed by atoms with Gasteiger partial charge in [0.2, 0.25) is 0 Å². The van der Waals surface area contributed by atoms with Crippen LogP contribution in [-0.2, 0) is 9.53 Å². The first-order chi connectivity index (χ1) is 12.3. The summed E-state index contributed by atoms with van der Waals surface area (Å²) >= 11 is 0. The quantitative estimate of drug-likeness (QED) is 0.361. The lowest BCUT2D eigenvalue weighted by Crippen LogP contribution is -2.62. The molecule has 1 atom stereocenters. The Balaban J connectivity index is 3.36. The molecular weight excluding hydrogens is 425 g/mol. The van der Waals surface area contributed by atoms with Crippen LogP contribution < -0.4 is 4.74 Å². The number of esters is 1. The number of benzene rings is 1. The molecule has 0 saturated carbocycles. The zero-order valence-corrected chi connectivity index (χ0v) is 13.6. The molecule has 0 amide bonds. The molecule has 0 aliphatic heterocycles. The van der Waals surface area contributed by atoms with Gasteiger partial charge in [0, 0.05) is 0 Å². The Hall–Kier alpha value is -2.12. The van der Waals surface area contributed by atoms with Crippen molar-refractivity contribution in [2.24, 2.45) is 0 Å². The van der Waals surface area contributed by atoms with Gasteiger partial charge in [-0.15, -0.1) is 0 Å². The summed E-state index contributed by atoms with van der Waals surface area (Å²) < 4.78 is 146. The number of carbonyl (C=O) groups is 1. The molecule has 0 heterocycles. The minimum atomic E-state index is -7.26. The Morgan fingerprint density at radius 3 is 1.75 bits per heavy atom. The molecule has 0 radical (unpaired) electrons. The Morgan fingerprint density at radius 2 is 1.32 bits per heavy atom. The molecule has 0 aromatic heterocycles. The largest absolute Gasteiger partial charge is 0.462 e. The molecular formula is C14H9F11O3. The minimum Gasteiger partial charge on any atom is -0.422 e. The molecule has 0 N–H and O–H groups in total. The van der Waals surface area contributed by atoms with E-state index in [1.54, 1.807) is 0 Å². The molecule has 0 aliphatic rings. The standard InChI is InChI=1S/C14H9F11O3/c1-6-4-3-5-8(7(6)2)27-9(26)10(15,12(18,19)20)28-14(24,25)11(16,17)13(21,22)23/h3-5H,1-2H3/t10-/m1/s1. The van der Waals surface area contributed by atoms with Crippen LogP contribution in [-0.4, -0.2) is 36.2 Å². The number of halogens is 11. The van der Waals surface area contributed by atoms with E-state index in [-0.39, 0.29) is 11.1 Å². The van der Waals surface area contributed by atoms with E-state index in [0.717, 1.165) is 19.1 Å². The van der Waals surface area contributed by atoms with Crippen molar-refractivity contribution in [3.05, 3.63) is 29.3 Å². The van der Waals surface area contributed by atoms with E-state index in [1.807, 2.05) is 0 Å². The first-order valence-corrected chi connectivity index (χ1v) is 6.84. The number of carbonyl (C=O) groups excluding carboxylic acids is 1. The fourth-order valence-electron chi connectivity index (χ4n) is 1.62. The third kappa shape index (κ3) is 4.15. The molecule has 0 saturated heterocycles. The minimum absolute atomic E-state index is 0.0762. The van der Waals surface area contributed by atoms with Gasteiger partial charge in [-0.25, -0.2) is 4.79 Å². The number of alkyl halides is 11.